The molecule has 1 saturated carbocycles. The van der Waals surface area contributed by atoms with E-state index in [4.69, 9.17) is 25.8 Å². The summed E-state index contributed by atoms with van der Waals surface area (Å²) in [6, 6.07) is 8.08. The number of cyclic esters (lactones) is 1. The van der Waals surface area contributed by atoms with Gasteiger partial charge in [-0.25, -0.2) is 14.4 Å². The third kappa shape index (κ3) is 5.91. The van der Waals surface area contributed by atoms with Gasteiger partial charge in [0.15, 0.2) is 11.5 Å². The molecule has 1 aliphatic carbocycles. The second-order valence-electron chi connectivity index (χ2n) is 8.93. The van der Waals surface area contributed by atoms with Crippen molar-refractivity contribution in [1.29, 1.82) is 0 Å². The van der Waals surface area contributed by atoms with Crippen LogP contribution in [0.25, 0.3) is 10.9 Å². The van der Waals surface area contributed by atoms with E-state index in [1.807, 2.05) is 24.0 Å². The zero-order valence-corrected chi connectivity index (χ0v) is 20.1. The number of rotatable bonds is 9. The van der Waals surface area contributed by atoms with Crippen LogP contribution in [0.3, 0.4) is 0 Å². The average Bonchev–Trinajstić information content (AvgIpc) is 3.64. The van der Waals surface area contributed by atoms with Gasteiger partial charge in [0.2, 0.25) is 0 Å². The SMILES string of the molecule is C[C@H]1CN(CCOc2cc3ncnc(Nc4ccc(F)c(Cl)c4)c3cc2OCC2CC2)CC(=O)O1. The number of hydrogen-bond acceptors (Lipinski definition) is 8. The van der Waals surface area contributed by atoms with Crippen LogP contribution in [0.5, 0.6) is 11.5 Å². The van der Waals surface area contributed by atoms with Crippen LogP contribution in [0.2, 0.25) is 5.02 Å². The molecule has 0 spiro atoms. The molecular weight excluding hydrogens is 475 g/mol. The maximum Gasteiger partial charge on any atom is 0.320 e. The van der Waals surface area contributed by atoms with Crippen LogP contribution in [0, 0.1) is 11.7 Å². The molecule has 5 rings (SSSR count). The summed E-state index contributed by atoms with van der Waals surface area (Å²) in [4.78, 5) is 22.5. The quantitative estimate of drug-likeness (QED) is 0.427. The summed E-state index contributed by atoms with van der Waals surface area (Å²) < 4.78 is 31.0. The van der Waals surface area contributed by atoms with E-state index in [-0.39, 0.29) is 23.6 Å². The van der Waals surface area contributed by atoms with Gasteiger partial charge in [0.1, 0.15) is 30.7 Å². The van der Waals surface area contributed by atoms with Crippen LogP contribution in [-0.4, -0.2) is 59.8 Å². The van der Waals surface area contributed by atoms with Gasteiger partial charge in [0.05, 0.1) is 23.7 Å². The standard InChI is InChI=1S/C25H26ClFN4O4/c1-15-11-31(12-24(32)35-15)6-7-33-23-10-21-18(9-22(23)34-13-16-2-3-16)25(29-14-28-21)30-17-4-5-20(27)19(26)8-17/h4-5,8-10,14-16H,2-3,6-7,11-13H2,1H3,(H,28,29,30)/t15-/m0/s1. The fraction of sp³-hybridized carbons (Fsp3) is 0.400. The highest BCUT2D eigenvalue weighted by Gasteiger charge is 2.25. The molecule has 8 nitrogen and oxygen atoms in total. The van der Waals surface area contributed by atoms with Crippen molar-refractivity contribution in [2.24, 2.45) is 5.92 Å². The van der Waals surface area contributed by atoms with E-state index >= 15 is 0 Å². The molecule has 0 unspecified atom stereocenters. The zero-order chi connectivity index (χ0) is 24.4. The molecule has 2 fully saturated rings. The average molecular weight is 501 g/mol. The smallest absolute Gasteiger partial charge is 0.320 e. The number of benzene rings is 2. The lowest BCUT2D eigenvalue weighted by Gasteiger charge is -2.30. The topological polar surface area (TPSA) is 85.8 Å². The van der Waals surface area contributed by atoms with Gasteiger partial charge >= 0.3 is 5.97 Å². The van der Waals surface area contributed by atoms with Crippen LogP contribution in [0.1, 0.15) is 19.8 Å². The van der Waals surface area contributed by atoms with Crippen LogP contribution in [0.15, 0.2) is 36.7 Å². The second-order valence-corrected chi connectivity index (χ2v) is 9.34. The van der Waals surface area contributed by atoms with E-state index in [0.717, 1.165) is 18.2 Å². The minimum atomic E-state index is -0.488. The number of anilines is 2. The summed E-state index contributed by atoms with van der Waals surface area (Å²) in [7, 11) is 0. The largest absolute Gasteiger partial charge is 0.489 e. The number of nitrogens with zero attached hydrogens (tertiary/aromatic N) is 3. The van der Waals surface area contributed by atoms with Crippen molar-refractivity contribution in [3.63, 3.8) is 0 Å². The molecule has 1 aliphatic heterocycles. The highest BCUT2D eigenvalue weighted by Crippen LogP contribution is 2.37. The van der Waals surface area contributed by atoms with Gasteiger partial charge < -0.3 is 19.5 Å². The van der Waals surface area contributed by atoms with Gasteiger partial charge in [0.25, 0.3) is 0 Å². The second kappa shape index (κ2) is 10.2. The highest BCUT2D eigenvalue weighted by molar-refractivity contribution is 6.31. The Morgan fingerprint density at radius 3 is 2.80 bits per heavy atom. The summed E-state index contributed by atoms with van der Waals surface area (Å²) in [5, 5.41) is 3.94. The maximum absolute atomic E-state index is 13.6. The first-order valence-electron chi connectivity index (χ1n) is 11.6. The van der Waals surface area contributed by atoms with Crippen LogP contribution >= 0.6 is 11.6 Å². The maximum atomic E-state index is 13.6. The van der Waals surface area contributed by atoms with E-state index in [1.165, 1.54) is 18.5 Å². The zero-order valence-electron chi connectivity index (χ0n) is 19.3. The number of nitrogens with one attached hydrogen (secondary N) is 1. The molecule has 0 bridgehead atoms. The number of aromatic nitrogens is 2. The highest BCUT2D eigenvalue weighted by atomic mass is 35.5. The first-order chi connectivity index (χ1) is 16.9. The minimum Gasteiger partial charge on any atom is -0.489 e. The van der Waals surface area contributed by atoms with Gasteiger partial charge in [-0.15, -0.1) is 0 Å². The number of hydrogen-bond donors (Lipinski definition) is 1. The first kappa shape index (κ1) is 23.6. The van der Waals surface area contributed by atoms with E-state index in [1.54, 1.807) is 6.07 Å². The molecule has 10 heteroatoms. The van der Waals surface area contributed by atoms with Gasteiger partial charge in [-0.1, -0.05) is 11.6 Å². The summed E-state index contributed by atoms with van der Waals surface area (Å²) in [6.45, 7) is 4.39. The molecule has 2 aromatic carbocycles. The number of carbonyl (C=O) groups is 1. The third-order valence-electron chi connectivity index (χ3n) is 5.92. The molecular formula is C25H26ClFN4O4. The van der Waals surface area contributed by atoms with Crippen LogP contribution in [-0.2, 0) is 9.53 Å². The number of esters is 1. The molecule has 1 atom stereocenters. The van der Waals surface area contributed by atoms with Crippen molar-refractivity contribution < 1.29 is 23.4 Å². The van der Waals surface area contributed by atoms with Crippen molar-refractivity contribution in [1.82, 2.24) is 14.9 Å². The molecule has 35 heavy (non-hydrogen) atoms. The Kier molecular flexibility index (Phi) is 6.88. The fourth-order valence-electron chi connectivity index (χ4n) is 3.96. The molecule has 3 aromatic rings. The Morgan fingerprint density at radius 2 is 2.03 bits per heavy atom. The summed E-state index contributed by atoms with van der Waals surface area (Å²) in [6.07, 6.45) is 3.64. The first-order valence-corrected chi connectivity index (χ1v) is 12.0. The molecule has 0 radical (unpaired) electrons. The predicted molar refractivity (Wildman–Crippen MR) is 130 cm³/mol. The molecule has 0 amide bonds. The predicted octanol–water partition coefficient (Wildman–Crippen LogP) is 4.58. The normalized spacial score (nSPS) is 18.4. The van der Waals surface area contributed by atoms with E-state index in [9.17, 15) is 9.18 Å². The van der Waals surface area contributed by atoms with Crippen molar-refractivity contribution in [2.75, 3.05) is 38.2 Å². The number of fused-ring (bicyclic) bond motifs is 1. The van der Waals surface area contributed by atoms with E-state index < -0.39 is 5.82 Å². The summed E-state index contributed by atoms with van der Waals surface area (Å²) in [5.74, 6) is 1.58. The molecule has 1 N–H and O–H groups in total. The Morgan fingerprint density at radius 1 is 1.20 bits per heavy atom. The molecule has 2 aliphatic rings. The lowest BCUT2D eigenvalue weighted by Crippen LogP contribution is -2.45. The van der Waals surface area contributed by atoms with Gasteiger partial charge in [0, 0.05) is 30.2 Å². The molecule has 184 valence electrons. The van der Waals surface area contributed by atoms with Gasteiger partial charge in [-0.05, 0) is 49.9 Å². The van der Waals surface area contributed by atoms with Crippen LogP contribution < -0.4 is 14.8 Å². The Hall–Kier alpha value is -3.17. The molecule has 2 heterocycles. The number of ether oxygens (including phenoxy) is 3. The number of halogens is 2. The molecule has 1 saturated heterocycles. The van der Waals surface area contributed by atoms with Gasteiger partial charge in [-0.3, -0.25) is 9.69 Å². The third-order valence-corrected chi connectivity index (χ3v) is 6.21. The van der Waals surface area contributed by atoms with Crippen molar-refractivity contribution in [3.8, 4) is 11.5 Å². The number of carbonyl (C=O) groups excluding carboxylic acids is 1. The summed E-state index contributed by atoms with van der Waals surface area (Å²) >= 11 is 5.93. The minimum absolute atomic E-state index is 0.0221. The Bertz CT molecular complexity index is 1240. The van der Waals surface area contributed by atoms with Crippen molar-refractivity contribution >= 4 is 40.0 Å². The van der Waals surface area contributed by atoms with Crippen molar-refractivity contribution in [2.45, 2.75) is 25.9 Å². The lowest BCUT2D eigenvalue weighted by molar-refractivity contribution is -0.157. The van der Waals surface area contributed by atoms with Crippen molar-refractivity contribution in [3.05, 3.63) is 47.5 Å². The summed E-state index contributed by atoms with van der Waals surface area (Å²) in [5.41, 5.74) is 1.27. The van der Waals surface area contributed by atoms with Gasteiger partial charge in [-0.2, -0.15) is 0 Å². The van der Waals surface area contributed by atoms with E-state index in [2.05, 4.69) is 15.3 Å². The Balaban J connectivity index is 1.37. The number of morpholine rings is 1. The molecule has 1 aromatic heterocycles. The van der Waals surface area contributed by atoms with E-state index in [0.29, 0.717) is 60.7 Å². The lowest BCUT2D eigenvalue weighted by atomic mass is 10.2. The Labute approximate surface area is 207 Å². The van der Waals surface area contributed by atoms with Crippen LogP contribution in [0.4, 0.5) is 15.9 Å². The fourth-order valence-corrected chi connectivity index (χ4v) is 4.14. The monoisotopic (exact) mass is 500 g/mol.